The molecule has 0 bridgehead atoms. The molecule has 1 heterocycles. The van der Waals surface area contributed by atoms with E-state index in [0.717, 1.165) is 0 Å². The molecule has 5 nitrogen and oxygen atoms in total. The van der Waals surface area contributed by atoms with Crippen LogP contribution >= 0.6 is 0 Å². The molecule has 1 rings (SSSR count). The summed E-state index contributed by atoms with van der Waals surface area (Å²) in [5.41, 5.74) is 5.14. The van der Waals surface area contributed by atoms with Gasteiger partial charge >= 0.3 is 0 Å². The predicted molar refractivity (Wildman–Crippen MR) is 31.9 cm³/mol. The summed E-state index contributed by atoms with van der Waals surface area (Å²) < 4.78 is 4.67. The second-order valence-electron chi connectivity index (χ2n) is 2.28. The lowest BCUT2D eigenvalue weighted by molar-refractivity contribution is -0.125. The summed E-state index contributed by atoms with van der Waals surface area (Å²) in [6.45, 7) is 0.0925. The quantitative estimate of drug-likeness (QED) is 0.327. The van der Waals surface area contributed by atoms with Gasteiger partial charge in [-0.05, 0) is 0 Å². The topological polar surface area (TPSA) is 95.9 Å². The molecule has 10 heavy (non-hydrogen) atoms. The minimum Gasteiger partial charge on any atom is -0.387 e. The molecule has 0 amide bonds. The lowest BCUT2D eigenvalue weighted by Gasteiger charge is -2.10. The van der Waals surface area contributed by atoms with Gasteiger partial charge in [-0.2, -0.15) is 0 Å². The maximum absolute atomic E-state index is 9.01. The Balaban J connectivity index is 2.53. The van der Waals surface area contributed by atoms with Gasteiger partial charge in [0.1, 0.15) is 18.3 Å². The van der Waals surface area contributed by atoms with Crippen LogP contribution in [0.15, 0.2) is 0 Å². The number of ether oxygens (including phenoxy) is 1. The van der Waals surface area contributed by atoms with E-state index in [2.05, 4.69) is 4.74 Å². The molecule has 0 aromatic heterocycles. The lowest BCUT2D eigenvalue weighted by atomic mass is 10.1. The summed E-state index contributed by atoms with van der Waals surface area (Å²) in [6, 6.07) is 0. The van der Waals surface area contributed by atoms with Crippen LogP contribution in [0.1, 0.15) is 0 Å². The minimum absolute atomic E-state index is 0.0925. The van der Waals surface area contributed by atoms with Gasteiger partial charge in [0.25, 0.3) is 0 Å². The normalized spacial score (nSPS) is 48.0. The molecular formula is C5H11NO4. The zero-order valence-corrected chi connectivity index (χ0v) is 5.34. The maximum Gasteiger partial charge on any atom is 0.184 e. The van der Waals surface area contributed by atoms with Crippen LogP contribution < -0.4 is 5.73 Å². The number of aliphatic hydroxyl groups is 3. The van der Waals surface area contributed by atoms with E-state index in [0.29, 0.717) is 0 Å². The number of aliphatic hydroxyl groups excluding tert-OH is 3. The molecule has 0 saturated carbocycles. The van der Waals surface area contributed by atoms with Crippen molar-refractivity contribution < 1.29 is 20.1 Å². The van der Waals surface area contributed by atoms with Crippen molar-refractivity contribution in [1.29, 1.82) is 0 Å². The highest BCUT2D eigenvalue weighted by Gasteiger charge is 2.40. The van der Waals surface area contributed by atoms with Crippen molar-refractivity contribution in [2.24, 2.45) is 5.73 Å². The van der Waals surface area contributed by atoms with E-state index >= 15 is 0 Å². The van der Waals surface area contributed by atoms with Crippen molar-refractivity contribution in [3.8, 4) is 0 Å². The van der Waals surface area contributed by atoms with Gasteiger partial charge in [0.15, 0.2) is 6.29 Å². The molecule has 0 aliphatic carbocycles. The second-order valence-corrected chi connectivity index (χ2v) is 2.28. The van der Waals surface area contributed by atoms with Crippen molar-refractivity contribution in [3.63, 3.8) is 0 Å². The monoisotopic (exact) mass is 149 g/mol. The van der Waals surface area contributed by atoms with Gasteiger partial charge in [-0.15, -0.1) is 0 Å². The van der Waals surface area contributed by atoms with E-state index in [9.17, 15) is 0 Å². The van der Waals surface area contributed by atoms with Crippen LogP contribution in [0.3, 0.4) is 0 Å². The third kappa shape index (κ3) is 1.14. The van der Waals surface area contributed by atoms with Gasteiger partial charge in [-0.25, -0.2) is 0 Å². The molecule has 0 spiro atoms. The first-order valence-corrected chi connectivity index (χ1v) is 3.06. The van der Waals surface area contributed by atoms with Crippen LogP contribution in [0.2, 0.25) is 0 Å². The van der Waals surface area contributed by atoms with Crippen molar-refractivity contribution in [2.75, 3.05) is 6.54 Å². The van der Waals surface area contributed by atoms with Crippen molar-refractivity contribution in [2.45, 2.75) is 24.6 Å². The van der Waals surface area contributed by atoms with Gasteiger partial charge < -0.3 is 25.8 Å². The Hall–Kier alpha value is -0.200. The fourth-order valence-electron chi connectivity index (χ4n) is 0.924. The van der Waals surface area contributed by atoms with Crippen LogP contribution in [0, 0.1) is 0 Å². The van der Waals surface area contributed by atoms with E-state index in [4.69, 9.17) is 21.1 Å². The summed E-state index contributed by atoms with van der Waals surface area (Å²) in [5.74, 6) is 0. The Morgan fingerprint density at radius 1 is 1.20 bits per heavy atom. The van der Waals surface area contributed by atoms with Gasteiger partial charge in [0, 0.05) is 6.54 Å². The number of hydrogen-bond acceptors (Lipinski definition) is 5. The highest BCUT2D eigenvalue weighted by Crippen LogP contribution is 2.17. The first-order valence-electron chi connectivity index (χ1n) is 3.06. The van der Waals surface area contributed by atoms with Gasteiger partial charge in [-0.1, -0.05) is 0 Å². The predicted octanol–water partition coefficient (Wildman–Crippen LogP) is -2.62. The van der Waals surface area contributed by atoms with E-state index < -0.39 is 24.6 Å². The zero-order valence-electron chi connectivity index (χ0n) is 5.34. The minimum atomic E-state index is -1.30. The molecule has 0 unspecified atom stereocenters. The summed E-state index contributed by atoms with van der Waals surface area (Å²) in [6.07, 6.45) is -4.25. The van der Waals surface area contributed by atoms with Crippen molar-refractivity contribution in [3.05, 3.63) is 0 Å². The molecule has 5 N–H and O–H groups in total. The molecule has 4 atom stereocenters. The Bertz CT molecular complexity index is 120. The summed E-state index contributed by atoms with van der Waals surface area (Å²) in [7, 11) is 0. The Morgan fingerprint density at radius 2 is 1.80 bits per heavy atom. The maximum atomic E-state index is 9.01. The smallest absolute Gasteiger partial charge is 0.184 e. The molecular weight excluding hydrogens is 138 g/mol. The fourth-order valence-corrected chi connectivity index (χ4v) is 0.924. The summed E-state index contributed by atoms with van der Waals surface area (Å²) >= 11 is 0. The Kier molecular flexibility index (Phi) is 2.22. The van der Waals surface area contributed by atoms with E-state index in [1.54, 1.807) is 0 Å². The number of hydrogen-bond donors (Lipinski definition) is 4. The first kappa shape index (κ1) is 7.90. The molecule has 0 aromatic rings. The highest BCUT2D eigenvalue weighted by molar-refractivity contribution is 4.85. The Labute approximate surface area is 58.0 Å². The molecule has 5 heteroatoms. The molecule has 1 aliphatic heterocycles. The lowest BCUT2D eigenvalue weighted by Crippen LogP contribution is -2.35. The average Bonchev–Trinajstić information content (AvgIpc) is 2.17. The van der Waals surface area contributed by atoms with E-state index in [1.165, 1.54) is 0 Å². The third-order valence-corrected chi connectivity index (χ3v) is 1.57. The summed E-state index contributed by atoms with van der Waals surface area (Å²) in [4.78, 5) is 0. The standard InChI is InChI=1S/C5H11NO4/c6-1-2-3(7)4(8)5(9)10-2/h2-5,7-9H,1,6H2/t2-,3+,4-,5+/m1/s1. The molecule has 0 aromatic carbocycles. The van der Waals surface area contributed by atoms with Crippen LogP contribution in [-0.4, -0.2) is 46.5 Å². The highest BCUT2D eigenvalue weighted by atomic mass is 16.6. The largest absolute Gasteiger partial charge is 0.387 e. The molecule has 1 saturated heterocycles. The zero-order chi connectivity index (χ0) is 7.72. The van der Waals surface area contributed by atoms with E-state index in [-0.39, 0.29) is 6.54 Å². The number of rotatable bonds is 1. The molecule has 60 valence electrons. The SMILES string of the molecule is NC[C@H]1O[C@H](O)[C@H](O)[C@H]1O. The fraction of sp³-hybridized carbons (Fsp3) is 1.00. The van der Waals surface area contributed by atoms with E-state index in [1.807, 2.05) is 0 Å². The molecule has 1 aliphatic rings. The van der Waals surface area contributed by atoms with Crippen LogP contribution in [0.4, 0.5) is 0 Å². The van der Waals surface area contributed by atoms with Crippen molar-refractivity contribution >= 4 is 0 Å². The van der Waals surface area contributed by atoms with Crippen molar-refractivity contribution in [1.82, 2.24) is 0 Å². The van der Waals surface area contributed by atoms with Gasteiger partial charge in [-0.3, -0.25) is 0 Å². The molecule has 1 fully saturated rings. The third-order valence-electron chi connectivity index (χ3n) is 1.57. The second kappa shape index (κ2) is 2.81. The number of nitrogens with two attached hydrogens (primary N) is 1. The van der Waals surface area contributed by atoms with Gasteiger partial charge in [0.05, 0.1) is 0 Å². The Morgan fingerprint density at radius 3 is 2.00 bits per heavy atom. The van der Waals surface area contributed by atoms with Gasteiger partial charge in [0.2, 0.25) is 0 Å². The van der Waals surface area contributed by atoms with Crippen LogP contribution in [-0.2, 0) is 4.74 Å². The summed E-state index contributed by atoms with van der Waals surface area (Å²) in [5, 5.41) is 26.7. The van der Waals surface area contributed by atoms with Crippen LogP contribution in [0.5, 0.6) is 0 Å². The van der Waals surface area contributed by atoms with Crippen LogP contribution in [0.25, 0.3) is 0 Å². The first-order chi connectivity index (χ1) is 4.66. The average molecular weight is 149 g/mol. The molecule has 0 radical (unpaired) electrons.